The van der Waals surface area contributed by atoms with E-state index in [4.69, 9.17) is 14.9 Å². The SMILES string of the molecule is CCCCC(O)C(O)C(C)(C)C(C)(N)Oc1c(-c2ccccc2)oc2ccccc2c1=O. The molecule has 0 saturated carbocycles. The smallest absolute Gasteiger partial charge is 0.235 e. The molecule has 3 unspecified atom stereocenters. The minimum atomic E-state index is -1.50. The molecule has 3 aromatic rings. The molecule has 0 amide bonds. The zero-order valence-corrected chi connectivity index (χ0v) is 19.2. The highest BCUT2D eigenvalue weighted by Crippen LogP contribution is 2.39. The third-order valence-corrected chi connectivity index (χ3v) is 6.34. The van der Waals surface area contributed by atoms with Crippen LogP contribution < -0.4 is 15.9 Å². The Balaban J connectivity index is 2.08. The maximum Gasteiger partial charge on any atom is 0.235 e. The minimum absolute atomic E-state index is 0.0248. The maximum atomic E-state index is 13.4. The highest BCUT2D eigenvalue weighted by Gasteiger charge is 2.48. The first kappa shape index (κ1) is 24.0. The van der Waals surface area contributed by atoms with E-state index in [0.717, 1.165) is 12.8 Å². The van der Waals surface area contributed by atoms with Gasteiger partial charge in [-0.3, -0.25) is 10.5 Å². The van der Waals surface area contributed by atoms with Crippen LogP contribution in [0.3, 0.4) is 0 Å². The van der Waals surface area contributed by atoms with Crippen LogP contribution in [0, 0.1) is 5.41 Å². The van der Waals surface area contributed by atoms with Gasteiger partial charge in [0.2, 0.25) is 11.2 Å². The van der Waals surface area contributed by atoms with Crippen molar-refractivity contribution in [3.63, 3.8) is 0 Å². The molecule has 6 nitrogen and oxygen atoms in total. The van der Waals surface area contributed by atoms with E-state index >= 15 is 0 Å². The van der Waals surface area contributed by atoms with Crippen molar-refractivity contribution in [3.8, 4) is 17.1 Å². The molecule has 0 fully saturated rings. The molecule has 6 heteroatoms. The van der Waals surface area contributed by atoms with Crippen LogP contribution in [-0.4, -0.2) is 28.1 Å². The van der Waals surface area contributed by atoms with Gasteiger partial charge in [0.15, 0.2) is 11.5 Å². The van der Waals surface area contributed by atoms with Gasteiger partial charge in [-0.1, -0.05) is 76.1 Å². The average molecular weight is 440 g/mol. The van der Waals surface area contributed by atoms with Crippen molar-refractivity contribution < 1.29 is 19.4 Å². The fourth-order valence-corrected chi connectivity index (χ4v) is 3.69. The summed E-state index contributed by atoms with van der Waals surface area (Å²) in [4.78, 5) is 13.4. The summed E-state index contributed by atoms with van der Waals surface area (Å²) in [6.45, 7) is 7.06. The van der Waals surface area contributed by atoms with Gasteiger partial charge in [0, 0.05) is 11.0 Å². The molecule has 0 radical (unpaired) electrons. The molecule has 0 aliphatic carbocycles. The maximum absolute atomic E-state index is 13.4. The van der Waals surface area contributed by atoms with Crippen LogP contribution in [0.15, 0.2) is 63.8 Å². The number of fused-ring (bicyclic) bond motifs is 1. The second-order valence-corrected chi connectivity index (χ2v) is 9.04. The summed E-state index contributed by atoms with van der Waals surface area (Å²) in [5.41, 5.74) is 4.75. The van der Waals surface area contributed by atoms with Crippen molar-refractivity contribution >= 4 is 11.0 Å². The molecule has 3 rings (SSSR count). The van der Waals surface area contributed by atoms with Crippen LogP contribution in [0.25, 0.3) is 22.3 Å². The van der Waals surface area contributed by atoms with Crippen molar-refractivity contribution in [1.82, 2.24) is 0 Å². The standard InChI is InChI=1S/C26H33NO5/c1-5-6-15-19(28)24(30)25(2,3)26(4,27)32-23-21(29)18-14-10-11-16-20(18)31-22(23)17-12-8-7-9-13-17/h7-14,16,19,24,28,30H,5-6,15,27H2,1-4H3. The number of para-hydroxylation sites is 1. The number of benzene rings is 2. The van der Waals surface area contributed by atoms with E-state index < -0.39 is 23.3 Å². The molecule has 1 aromatic heterocycles. The first-order valence-electron chi connectivity index (χ1n) is 11.1. The Labute approximate surface area is 188 Å². The zero-order chi connectivity index (χ0) is 23.5. The van der Waals surface area contributed by atoms with E-state index in [1.54, 1.807) is 45.0 Å². The first-order chi connectivity index (χ1) is 15.1. The van der Waals surface area contributed by atoms with Gasteiger partial charge in [0.25, 0.3) is 0 Å². The van der Waals surface area contributed by atoms with Crippen molar-refractivity contribution in [2.24, 2.45) is 11.1 Å². The molecule has 1 heterocycles. The Morgan fingerprint density at radius 2 is 1.66 bits per heavy atom. The Morgan fingerprint density at radius 1 is 1.03 bits per heavy atom. The van der Waals surface area contributed by atoms with Crippen molar-refractivity contribution in [2.45, 2.75) is 64.9 Å². The molecule has 3 atom stereocenters. The molecular formula is C26H33NO5. The third-order valence-electron chi connectivity index (χ3n) is 6.34. The van der Waals surface area contributed by atoms with E-state index in [-0.39, 0.29) is 16.9 Å². The van der Waals surface area contributed by atoms with E-state index in [0.29, 0.717) is 23.0 Å². The Bertz CT molecular complexity index is 1100. The predicted molar refractivity (Wildman–Crippen MR) is 126 cm³/mol. The van der Waals surface area contributed by atoms with Gasteiger partial charge in [0.1, 0.15) is 5.58 Å². The van der Waals surface area contributed by atoms with Crippen LogP contribution in [0.4, 0.5) is 0 Å². The Morgan fingerprint density at radius 3 is 2.31 bits per heavy atom. The van der Waals surface area contributed by atoms with Crippen LogP contribution in [0.5, 0.6) is 5.75 Å². The van der Waals surface area contributed by atoms with Crippen molar-refractivity contribution in [1.29, 1.82) is 0 Å². The van der Waals surface area contributed by atoms with E-state index in [9.17, 15) is 15.0 Å². The number of ether oxygens (including phenoxy) is 1. The lowest BCUT2D eigenvalue weighted by Crippen LogP contribution is -2.62. The lowest BCUT2D eigenvalue weighted by atomic mass is 9.74. The quantitative estimate of drug-likeness (QED) is 0.425. The van der Waals surface area contributed by atoms with E-state index in [1.165, 1.54) is 0 Å². The number of unbranched alkanes of at least 4 members (excludes halogenated alkanes) is 1. The number of hydrogen-bond acceptors (Lipinski definition) is 6. The molecule has 0 aliphatic heterocycles. The van der Waals surface area contributed by atoms with E-state index in [1.807, 2.05) is 37.3 Å². The largest absolute Gasteiger partial charge is 0.465 e. The lowest BCUT2D eigenvalue weighted by Gasteiger charge is -2.45. The van der Waals surface area contributed by atoms with E-state index in [2.05, 4.69) is 0 Å². The average Bonchev–Trinajstić information content (AvgIpc) is 2.79. The summed E-state index contributed by atoms with van der Waals surface area (Å²) in [5, 5.41) is 21.8. The van der Waals surface area contributed by atoms with Gasteiger partial charge in [-0.2, -0.15) is 0 Å². The summed E-state index contributed by atoms with van der Waals surface area (Å²) in [5.74, 6) is 0.242. The Hall–Kier alpha value is -2.67. The molecular weight excluding hydrogens is 406 g/mol. The first-order valence-corrected chi connectivity index (χ1v) is 11.1. The van der Waals surface area contributed by atoms with Crippen LogP contribution >= 0.6 is 0 Å². The third kappa shape index (κ3) is 4.58. The minimum Gasteiger partial charge on any atom is -0.465 e. The number of aliphatic hydroxyl groups excluding tert-OH is 2. The van der Waals surface area contributed by atoms with Gasteiger partial charge in [-0.25, -0.2) is 0 Å². The van der Waals surface area contributed by atoms with Gasteiger partial charge in [-0.15, -0.1) is 0 Å². The topological polar surface area (TPSA) is 106 Å². The zero-order valence-electron chi connectivity index (χ0n) is 19.2. The van der Waals surface area contributed by atoms with Gasteiger partial charge in [0.05, 0.1) is 17.6 Å². The van der Waals surface area contributed by atoms with Crippen LogP contribution in [0.1, 0.15) is 47.0 Å². The summed E-state index contributed by atoms with van der Waals surface area (Å²) in [6.07, 6.45) is 0.0156. The molecule has 32 heavy (non-hydrogen) atoms. The summed E-state index contributed by atoms with van der Waals surface area (Å²) >= 11 is 0. The summed E-state index contributed by atoms with van der Waals surface area (Å²) in [6, 6.07) is 16.1. The van der Waals surface area contributed by atoms with Gasteiger partial charge in [-0.05, 0) is 25.5 Å². The molecule has 0 saturated heterocycles. The van der Waals surface area contributed by atoms with Crippen LogP contribution in [-0.2, 0) is 0 Å². The normalized spacial score (nSPS) is 15.8. The second-order valence-electron chi connectivity index (χ2n) is 9.04. The molecule has 0 bridgehead atoms. The lowest BCUT2D eigenvalue weighted by molar-refractivity contribution is -0.136. The van der Waals surface area contributed by atoms with Crippen molar-refractivity contribution in [3.05, 3.63) is 64.8 Å². The summed E-state index contributed by atoms with van der Waals surface area (Å²) < 4.78 is 12.3. The second kappa shape index (κ2) is 9.45. The van der Waals surface area contributed by atoms with Gasteiger partial charge < -0.3 is 19.4 Å². The number of nitrogens with two attached hydrogens (primary N) is 1. The predicted octanol–water partition coefficient (Wildman–Crippen LogP) is 4.45. The highest BCUT2D eigenvalue weighted by atomic mass is 16.5. The highest BCUT2D eigenvalue weighted by molar-refractivity contribution is 5.81. The molecule has 4 N–H and O–H groups in total. The molecule has 172 valence electrons. The van der Waals surface area contributed by atoms with Crippen LogP contribution in [0.2, 0.25) is 0 Å². The number of aliphatic hydroxyl groups is 2. The number of rotatable bonds is 9. The fourth-order valence-electron chi connectivity index (χ4n) is 3.69. The Kier molecular flexibility index (Phi) is 7.08. The van der Waals surface area contributed by atoms with Gasteiger partial charge >= 0.3 is 0 Å². The van der Waals surface area contributed by atoms with Crippen molar-refractivity contribution in [2.75, 3.05) is 0 Å². The molecule has 2 aromatic carbocycles. The number of hydrogen-bond donors (Lipinski definition) is 3. The fraction of sp³-hybridized carbons (Fsp3) is 0.423. The summed E-state index contributed by atoms with van der Waals surface area (Å²) in [7, 11) is 0. The molecule has 0 spiro atoms. The monoisotopic (exact) mass is 439 g/mol. The molecule has 0 aliphatic rings.